The highest BCUT2D eigenvalue weighted by Crippen LogP contribution is 2.03. The smallest absolute Gasteiger partial charge is 0.0969 e. The molecule has 5 heteroatoms. The molecular weight excluding hydrogens is 250 g/mol. The number of aromatic nitrogens is 3. The Morgan fingerprint density at radius 1 is 1.10 bits per heavy atom. The Balaban J connectivity index is 1.76. The van der Waals surface area contributed by atoms with Crippen LogP contribution >= 0.6 is 0 Å². The summed E-state index contributed by atoms with van der Waals surface area (Å²) in [6.07, 6.45) is 1.80. The quantitative estimate of drug-likeness (QED) is 0.787. The van der Waals surface area contributed by atoms with Gasteiger partial charge in [0.15, 0.2) is 0 Å². The molecule has 0 fully saturated rings. The fourth-order valence-electron chi connectivity index (χ4n) is 1.80. The monoisotopic (exact) mass is 273 g/mol. The van der Waals surface area contributed by atoms with Crippen molar-refractivity contribution in [3.63, 3.8) is 0 Å². The Morgan fingerprint density at radius 3 is 2.55 bits per heavy atom. The van der Waals surface area contributed by atoms with Crippen molar-refractivity contribution < 1.29 is 0 Å². The first-order valence-corrected chi connectivity index (χ1v) is 6.97. The number of benzene rings is 1. The summed E-state index contributed by atoms with van der Waals surface area (Å²) in [6.45, 7) is 9.08. The largest absolute Gasteiger partial charge is 0.311 e. The summed E-state index contributed by atoms with van der Waals surface area (Å²) in [7, 11) is 0. The number of hydrogen-bond donors (Lipinski definition) is 2. The molecule has 0 aliphatic heterocycles. The van der Waals surface area contributed by atoms with Gasteiger partial charge in [-0.1, -0.05) is 18.2 Å². The molecule has 5 nitrogen and oxygen atoms in total. The molecular formula is C15H23N5. The molecule has 1 aromatic carbocycles. The predicted molar refractivity (Wildman–Crippen MR) is 80.8 cm³/mol. The maximum Gasteiger partial charge on any atom is 0.0969 e. The van der Waals surface area contributed by atoms with Gasteiger partial charge >= 0.3 is 0 Å². The number of rotatable bonds is 6. The molecule has 20 heavy (non-hydrogen) atoms. The Bertz CT molecular complexity index is 513. The number of para-hydroxylation sites is 1. The van der Waals surface area contributed by atoms with Crippen LogP contribution in [-0.4, -0.2) is 33.6 Å². The summed E-state index contributed by atoms with van der Waals surface area (Å²) in [5.74, 6) is 0. The Labute approximate surface area is 120 Å². The van der Waals surface area contributed by atoms with Gasteiger partial charge in [0.1, 0.15) is 0 Å². The van der Waals surface area contributed by atoms with E-state index in [-0.39, 0.29) is 5.54 Å². The highest BCUT2D eigenvalue weighted by atomic mass is 15.5. The molecule has 2 N–H and O–H groups in total. The summed E-state index contributed by atoms with van der Waals surface area (Å²) in [5, 5.41) is 15.5. The van der Waals surface area contributed by atoms with E-state index in [2.05, 4.69) is 41.6 Å². The fourth-order valence-corrected chi connectivity index (χ4v) is 1.80. The second-order valence-electron chi connectivity index (χ2n) is 5.81. The van der Waals surface area contributed by atoms with Crippen LogP contribution in [0.3, 0.4) is 0 Å². The third kappa shape index (κ3) is 4.75. The molecule has 0 aliphatic carbocycles. The molecule has 1 aromatic heterocycles. The van der Waals surface area contributed by atoms with Gasteiger partial charge in [0, 0.05) is 25.2 Å². The average Bonchev–Trinajstić information content (AvgIpc) is 2.87. The zero-order valence-electron chi connectivity index (χ0n) is 12.4. The van der Waals surface area contributed by atoms with E-state index in [0.29, 0.717) is 0 Å². The minimum Gasteiger partial charge on any atom is -0.311 e. The third-order valence-corrected chi connectivity index (χ3v) is 2.79. The van der Waals surface area contributed by atoms with Crippen molar-refractivity contribution >= 4 is 0 Å². The van der Waals surface area contributed by atoms with Crippen molar-refractivity contribution in [3.05, 3.63) is 42.2 Å². The van der Waals surface area contributed by atoms with Crippen LogP contribution in [0, 0.1) is 0 Å². The Morgan fingerprint density at radius 2 is 1.85 bits per heavy atom. The zero-order chi connectivity index (χ0) is 14.4. The van der Waals surface area contributed by atoms with Crippen LogP contribution in [0.15, 0.2) is 36.5 Å². The molecule has 0 saturated heterocycles. The summed E-state index contributed by atoms with van der Waals surface area (Å²) in [4.78, 5) is 1.66. The van der Waals surface area contributed by atoms with Crippen LogP contribution < -0.4 is 10.6 Å². The Kier molecular flexibility index (Phi) is 4.87. The van der Waals surface area contributed by atoms with Gasteiger partial charge in [-0.25, -0.2) is 0 Å². The molecule has 1 heterocycles. The summed E-state index contributed by atoms with van der Waals surface area (Å²) < 4.78 is 0. The van der Waals surface area contributed by atoms with Crippen LogP contribution in [0.5, 0.6) is 0 Å². The fraction of sp³-hybridized carbons (Fsp3) is 0.467. The minimum absolute atomic E-state index is 0.165. The minimum atomic E-state index is 0.165. The van der Waals surface area contributed by atoms with Crippen molar-refractivity contribution in [1.82, 2.24) is 25.6 Å². The highest BCUT2D eigenvalue weighted by molar-refractivity contribution is 5.28. The molecule has 0 unspecified atom stereocenters. The molecule has 0 spiro atoms. The van der Waals surface area contributed by atoms with Crippen molar-refractivity contribution in [2.75, 3.05) is 13.1 Å². The molecule has 0 bridgehead atoms. The average molecular weight is 273 g/mol. The van der Waals surface area contributed by atoms with E-state index >= 15 is 0 Å². The van der Waals surface area contributed by atoms with Gasteiger partial charge in [0.2, 0.25) is 0 Å². The van der Waals surface area contributed by atoms with E-state index in [0.717, 1.165) is 31.0 Å². The lowest BCUT2D eigenvalue weighted by atomic mass is 10.1. The van der Waals surface area contributed by atoms with E-state index in [1.54, 1.807) is 11.0 Å². The van der Waals surface area contributed by atoms with Crippen molar-refractivity contribution in [3.8, 4) is 5.69 Å². The molecule has 0 saturated carbocycles. The van der Waals surface area contributed by atoms with Crippen LogP contribution in [0.2, 0.25) is 0 Å². The second kappa shape index (κ2) is 6.63. The molecule has 0 radical (unpaired) electrons. The highest BCUT2D eigenvalue weighted by Gasteiger charge is 2.07. The lowest BCUT2D eigenvalue weighted by Crippen LogP contribution is -2.40. The lowest BCUT2D eigenvalue weighted by molar-refractivity contribution is 0.421. The van der Waals surface area contributed by atoms with Gasteiger partial charge in [-0.15, -0.1) is 0 Å². The lowest BCUT2D eigenvalue weighted by Gasteiger charge is -2.20. The maximum absolute atomic E-state index is 4.45. The summed E-state index contributed by atoms with van der Waals surface area (Å²) in [5.41, 5.74) is 2.09. The van der Waals surface area contributed by atoms with E-state index < -0.39 is 0 Å². The molecule has 2 rings (SSSR count). The van der Waals surface area contributed by atoms with E-state index in [1.807, 2.05) is 30.3 Å². The van der Waals surface area contributed by atoms with Crippen LogP contribution in [0.1, 0.15) is 26.5 Å². The summed E-state index contributed by atoms with van der Waals surface area (Å²) in [6, 6.07) is 9.93. The van der Waals surface area contributed by atoms with E-state index in [4.69, 9.17) is 0 Å². The van der Waals surface area contributed by atoms with Crippen molar-refractivity contribution in [2.24, 2.45) is 0 Å². The van der Waals surface area contributed by atoms with Gasteiger partial charge in [-0.2, -0.15) is 15.0 Å². The normalized spacial score (nSPS) is 11.8. The first-order valence-electron chi connectivity index (χ1n) is 6.97. The SMILES string of the molecule is CC(C)(C)NCCNCc1cnn(-c2ccccc2)n1. The standard InChI is InChI=1S/C15H23N5/c1-15(2,3)17-10-9-16-11-13-12-18-20(19-13)14-7-5-4-6-8-14/h4-8,12,16-17H,9-11H2,1-3H3. The van der Waals surface area contributed by atoms with Crippen LogP contribution in [0.25, 0.3) is 5.69 Å². The first kappa shape index (κ1) is 14.7. The van der Waals surface area contributed by atoms with Gasteiger partial charge < -0.3 is 10.6 Å². The second-order valence-corrected chi connectivity index (χ2v) is 5.81. The molecule has 0 atom stereocenters. The molecule has 0 aliphatic rings. The number of nitrogens with one attached hydrogen (secondary N) is 2. The van der Waals surface area contributed by atoms with Gasteiger partial charge in [0.05, 0.1) is 17.6 Å². The number of nitrogens with zero attached hydrogens (tertiary/aromatic N) is 3. The first-order chi connectivity index (χ1) is 9.54. The third-order valence-electron chi connectivity index (χ3n) is 2.79. The maximum atomic E-state index is 4.45. The van der Waals surface area contributed by atoms with Gasteiger partial charge in [0.25, 0.3) is 0 Å². The van der Waals surface area contributed by atoms with Crippen LogP contribution in [0.4, 0.5) is 0 Å². The van der Waals surface area contributed by atoms with E-state index in [1.165, 1.54) is 0 Å². The summed E-state index contributed by atoms with van der Waals surface area (Å²) >= 11 is 0. The number of hydrogen-bond acceptors (Lipinski definition) is 4. The molecule has 2 aromatic rings. The predicted octanol–water partition coefficient (Wildman–Crippen LogP) is 1.74. The molecule has 108 valence electrons. The van der Waals surface area contributed by atoms with Crippen molar-refractivity contribution in [1.29, 1.82) is 0 Å². The van der Waals surface area contributed by atoms with Crippen LogP contribution in [-0.2, 0) is 6.54 Å². The molecule has 0 amide bonds. The zero-order valence-corrected chi connectivity index (χ0v) is 12.4. The van der Waals surface area contributed by atoms with Gasteiger partial charge in [-0.3, -0.25) is 0 Å². The Hall–Kier alpha value is -1.72. The van der Waals surface area contributed by atoms with Gasteiger partial charge in [-0.05, 0) is 32.9 Å². The van der Waals surface area contributed by atoms with E-state index in [9.17, 15) is 0 Å². The van der Waals surface area contributed by atoms with Crippen molar-refractivity contribution in [2.45, 2.75) is 32.9 Å². The topological polar surface area (TPSA) is 54.8 Å².